The van der Waals surface area contributed by atoms with E-state index in [9.17, 15) is 0 Å². The van der Waals surface area contributed by atoms with Crippen LogP contribution in [0.3, 0.4) is 0 Å². The average molecular weight is 371 g/mol. The molecule has 0 aliphatic heterocycles. The third kappa shape index (κ3) is 3.80. The summed E-state index contributed by atoms with van der Waals surface area (Å²) in [7, 11) is 5.57. The fraction of sp³-hybridized carbons (Fsp3) is 0.267. The predicted molar refractivity (Wildman–Crippen MR) is 91.6 cm³/mol. The lowest BCUT2D eigenvalue weighted by Gasteiger charge is -2.20. The maximum Gasteiger partial charge on any atom is 0.239 e. The molecular formula is C15H17BrClN3O. The molecule has 21 heavy (non-hydrogen) atoms. The van der Waals surface area contributed by atoms with Gasteiger partial charge >= 0.3 is 0 Å². The Morgan fingerprint density at radius 3 is 2.71 bits per heavy atom. The lowest BCUT2D eigenvalue weighted by atomic mass is 10.2. The Bertz CT molecular complexity index is 634. The number of hydrogen-bond donors (Lipinski definition) is 1. The van der Waals surface area contributed by atoms with E-state index >= 15 is 0 Å². The first kappa shape index (κ1) is 15.9. The fourth-order valence-electron chi connectivity index (χ4n) is 1.98. The summed E-state index contributed by atoms with van der Waals surface area (Å²) >= 11 is 9.65. The van der Waals surface area contributed by atoms with Gasteiger partial charge in [-0.3, -0.25) is 0 Å². The Morgan fingerprint density at radius 1 is 1.33 bits per heavy atom. The normalized spacial score (nSPS) is 10.3. The molecule has 0 aliphatic rings. The highest BCUT2D eigenvalue weighted by atomic mass is 79.9. The molecule has 0 saturated carbocycles. The molecule has 1 aromatic carbocycles. The second kappa shape index (κ2) is 7.00. The molecule has 1 heterocycles. The molecule has 112 valence electrons. The smallest absolute Gasteiger partial charge is 0.239 e. The Balaban J connectivity index is 2.26. The standard InChI is InChI=1S/C15H17BrClN3O/c1-20(2)13-6-7-18-15(21-3)14(13)19-9-10-4-5-11(16)8-12(10)17/h4-8,19H,9H2,1-3H3. The third-order valence-corrected chi connectivity index (χ3v) is 3.89. The van der Waals surface area contributed by atoms with E-state index in [0.29, 0.717) is 17.4 Å². The number of nitrogens with one attached hydrogen (secondary N) is 1. The van der Waals surface area contributed by atoms with E-state index in [4.69, 9.17) is 16.3 Å². The Morgan fingerprint density at radius 2 is 2.10 bits per heavy atom. The Labute approximate surface area is 138 Å². The summed E-state index contributed by atoms with van der Waals surface area (Å²) in [5.74, 6) is 0.564. The lowest BCUT2D eigenvalue weighted by molar-refractivity contribution is 0.400. The van der Waals surface area contributed by atoms with E-state index in [-0.39, 0.29) is 0 Å². The number of halogens is 2. The molecule has 6 heteroatoms. The molecule has 0 saturated heterocycles. The van der Waals surface area contributed by atoms with Crippen molar-refractivity contribution in [3.63, 3.8) is 0 Å². The number of benzene rings is 1. The minimum atomic E-state index is 0.564. The molecule has 0 unspecified atom stereocenters. The molecular weight excluding hydrogens is 354 g/mol. The van der Waals surface area contributed by atoms with E-state index in [2.05, 4.69) is 26.2 Å². The maximum absolute atomic E-state index is 6.24. The molecule has 2 aromatic rings. The fourth-order valence-corrected chi connectivity index (χ4v) is 2.72. The summed E-state index contributed by atoms with van der Waals surface area (Å²) in [6, 6.07) is 7.77. The van der Waals surface area contributed by atoms with Crippen LogP contribution in [0, 0.1) is 0 Å². The topological polar surface area (TPSA) is 37.4 Å². The number of anilines is 2. The second-order valence-electron chi connectivity index (χ2n) is 4.70. The Hall–Kier alpha value is -1.46. The number of ether oxygens (including phenoxy) is 1. The summed E-state index contributed by atoms with van der Waals surface area (Å²) in [6.45, 7) is 0.592. The van der Waals surface area contributed by atoms with Gasteiger partial charge < -0.3 is 15.0 Å². The summed E-state index contributed by atoms with van der Waals surface area (Å²) in [6.07, 6.45) is 1.73. The molecule has 0 amide bonds. The first-order chi connectivity index (χ1) is 10.0. The molecule has 0 atom stereocenters. The maximum atomic E-state index is 6.24. The largest absolute Gasteiger partial charge is 0.479 e. The average Bonchev–Trinajstić information content (AvgIpc) is 2.45. The van der Waals surface area contributed by atoms with Crippen LogP contribution in [0.4, 0.5) is 11.4 Å². The van der Waals surface area contributed by atoms with Crippen LogP contribution in [0.5, 0.6) is 5.88 Å². The monoisotopic (exact) mass is 369 g/mol. The number of methoxy groups -OCH3 is 1. The van der Waals surface area contributed by atoms with E-state index in [1.54, 1.807) is 13.3 Å². The van der Waals surface area contributed by atoms with Crippen molar-refractivity contribution in [2.45, 2.75) is 6.54 Å². The van der Waals surface area contributed by atoms with Crippen LogP contribution in [-0.2, 0) is 6.54 Å². The summed E-state index contributed by atoms with van der Waals surface area (Å²) in [5, 5.41) is 4.08. The summed E-state index contributed by atoms with van der Waals surface area (Å²) in [5.41, 5.74) is 2.87. The van der Waals surface area contributed by atoms with Crippen LogP contribution in [0.2, 0.25) is 5.02 Å². The molecule has 1 aromatic heterocycles. The number of nitrogens with zero attached hydrogens (tertiary/aromatic N) is 2. The van der Waals surface area contributed by atoms with Gasteiger partial charge in [0.15, 0.2) is 0 Å². The first-order valence-electron chi connectivity index (χ1n) is 6.41. The molecule has 4 nitrogen and oxygen atoms in total. The van der Waals surface area contributed by atoms with Crippen LogP contribution in [0.15, 0.2) is 34.9 Å². The number of rotatable bonds is 5. The number of aromatic nitrogens is 1. The highest BCUT2D eigenvalue weighted by Gasteiger charge is 2.12. The molecule has 0 fully saturated rings. The molecule has 0 radical (unpaired) electrons. The van der Waals surface area contributed by atoms with Gasteiger partial charge in [0.05, 0.1) is 12.8 Å². The van der Waals surface area contributed by atoms with Crippen molar-refractivity contribution in [1.82, 2.24) is 4.98 Å². The highest BCUT2D eigenvalue weighted by molar-refractivity contribution is 9.10. The zero-order valence-corrected chi connectivity index (χ0v) is 14.5. The van der Waals surface area contributed by atoms with Gasteiger partial charge in [0.1, 0.15) is 5.69 Å². The van der Waals surface area contributed by atoms with Crippen molar-refractivity contribution in [2.24, 2.45) is 0 Å². The van der Waals surface area contributed by atoms with E-state index < -0.39 is 0 Å². The number of hydrogen-bond acceptors (Lipinski definition) is 4. The second-order valence-corrected chi connectivity index (χ2v) is 6.02. The van der Waals surface area contributed by atoms with Gasteiger partial charge in [0.25, 0.3) is 0 Å². The van der Waals surface area contributed by atoms with Crippen LogP contribution in [-0.4, -0.2) is 26.2 Å². The van der Waals surface area contributed by atoms with Crippen LogP contribution < -0.4 is 15.0 Å². The van der Waals surface area contributed by atoms with Gasteiger partial charge in [-0.15, -0.1) is 0 Å². The van der Waals surface area contributed by atoms with E-state index in [1.165, 1.54) is 0 Å². The minimum Gasteiger partial charge on any atom is -0.479 e. The SMILES string of the molecule is COc1nccc(N(C)C)c1NCc1ccc(Br)cc1Cl. The van der Waals surface area contributed by atoms with Gasteiger partial charge in [0.2, 0.25) is 5.88 Å². The molecule has 0 aliphatic carbocycles. The lowest BCUT2D eigenvalue weighted by Crippen LogP contribution is -2.13. The van der Waals surface area contributed by atoms with Crippen LogP contribution >= 0.6 is 27.5 Å². The van der Waals surface area contributed by atoms with Gasteiger partial charge in [-0.25, -0.2) is 4.98 Å². The van der Waals surface area contributed by atoms with Crippen LogP contribution in [0.1, 0.15) is 5.56 Å². The molecule has 2 rings (SSSR count). The minimum absolute atomic E-state index is 0.564. The van der Waals surface area contributed by atoms with E-state index in [0.717, 1.165) is 21.4 Å². The van der Waals surface area contributed by atoms with Gasteiger partial charge in [0, 0.05) is 36.3 Å². The Kier molecular flexibility index (Phi) is 5.31. The van der Waals surface area contributed by atoms with Crippen molar-refractivity contribution in [1.29, 1.82) is 0 Å². The molecule has 0 bridgehead atoms. The van der Waals surface area contributed by atoms with Crippen molar-refractivity contribution in [3.05, 3.63) is 45.5 Å². The van der Waals surface area contributed by atoms with Crippen molar-refractivity contribution in [2.75, 3.05) is 31.4 Å². The quantitative estimate of drug-likeness (QED) is 0.856. The highest BCUT2D eigenvalue weighted by Crippen LogP contribution is 2.33. The van der Waals surface area contributed by atoms with Crippen LogP contribution in [0.25, 0.3) is 0 Å². The van der Waals surface area contributed by atoms with Gasteiger partial charge in [-0.1, -0.05) is 33.6 Å². The van der Waals surface area contributed by atoms with Gasteiger partial charge in [-0.2, -0.15) is 0 Å². The first-order valence-corrected chi connectivity index (χ1v) is 7.58. The zero-order valence-electron chi connectivity index (χ0n) is 12.2. The summed E-state index contributed by atoms with van der Waals surface area (Å²) < 4.78 is 6.30. The zero-order chi connectivity index (χ0) is 15.4. The van der Waals surface area contributed by atoms with Crippen molar-refractivity contribution in [3.8, 4) is 5.88 Å². The third-order valence-electron chi connectivity index (χ3n) is 3.04. The molecule has 0 spiro atoms. The predicted octanol–water partition coefficient (Wildman–Crippen LogP) is 4.18. The van der Waals surface area contributed by atoms with Gasteiger partial charge in [-0.05, 0) is 23.8 Å². The summed E-state index contributed by atoms with van der Waals surface area (Å²) in [4.78, 5) is 6.25. The van der Waals surface area contributed by atoms with E-state index in [1.807, 2.05) is 43.3 Å². The van der Waals surface area contributed by atoms with Crippen molar-refractivity contribution < 1.29 is 4.74 Å². The number of pyridine rings is 1. The van der Waals surface area contributed by atoms with Crippen molar-refractivity contribution >= 4 is 38.9 Å². The molecule has 1 N–H and O–H groups in total.